The molecular formula is C17H20F3N. The highest BCUT2D eigenvalue weighted by Gasteiger charge is 2.21. The van der Waals surface area contributed by atoms with E-state index in [1.165, 1.54) is 12.1 Å². The van der Waals surface area contributed by atoms with Crippen LogP contribution >= 0.6 is 0 Å². The summed E-state index contributed by atoms with van der Waals surface area (Å²) in [5.41, 5.74) is 6.66. The molecule has 21 heavy (non-hydrogen) atoms. The van der Waals surface area contributed by atoms with Crippen molar-refractivity contribution in [1.82, 2.24) is 0 Å². The molecule has 2 rings (SSSR count). The number of rotatable bonds is 2. The largest absolute Gasteiger partial charge is 0.399 e. The SMILES string of the molecule is C=Cc1c(F)c(F)c(F)c2cc(N)cc(C(C)C)c12.CC. The number of nitrogen functional groups attached to an aromatic ring is 1. The lowest BCUT2D eigenvalue weighted by Gasteiger charge is -2.15. The molecule has 0 aliphatic carbocycles. The van der Waals surface area contributed by atoms with Crippen LogP contribution in [0.4, 0.5) is 18.9 Å². The van der Waals surface area contributed by atoms with Gasteiger partial charge in [-0.05, 0) is 29.0 Å². The van der Waals surface area contributed by atoms with E-state index in [1.54, 1.807) is 6.07 Å². The van der Waals surface area contributed by atoms with E-state index in [-0.39, 0.29) is 16.9 Å². The molecule has 0 amide bonds. The summed E-state index contributed by atoms with van der Waals surface area (Å²) in [5, 5.41) is 0.313. The van der Waals surface area contributed by atoms with Crippen LogP contribution in [0.5, 0.6) is 0 Å². The van der Waals surface area contributed by atoms with Gasteiger partial charge in [-0.2, -0.15) is 0 Å². The molecule has 0 atom stereocenters. The van der Waals surface area contributed by atoms with Gasteiger partial charge in [-0.15, -0.1) is 0 Å². The molecule has 0 unspecified atom stereocenters. The van der Waals surface area contributed by atoms with Crippen LogP contribution in [0.15, 0.2) is 18.7 Å². The number of hydrogen-bond donors (Lipinski definition) is 1. The Kier molecular flexibility index (Phi) is 5.41. The highest BCUT2D eigenvalue weighted by Crippen LogP contribution is 2.35. The number of anilines is 1. The number of nitrogens with two attached hydrogens (primary N) is 1. The van der Waals surface area contributed by atoms with Crippen LogP contribution in [0.3, 0.4) is 0 Å². The molecule has 1 nitrogen and oxygen atoms in total. The first-order chi connectivity index (χ1) is 9.88. The summed E-state index contributed by atoms with van der Waals surface area (Å²) in [6.07, 6.45) is 1.20. The van der Waals surface area contributed by atoms with Crippen LogP contribution in [-0.2, 0) is 0 Å². The van der Waals surface area contributed by atoms with E-state index in [4.69, 9.17) is 5.73 Å². The first kappa shape index (κ1) is 17.1. The average molecular weight is 295 g/mol. The topological polar surface area (TPSA) is 26.0 Å². The summed E-state index contributed by atoms with van der Waals surface area (Å²) in [6, 6.07) is 2.96. The summed E-state index contributed by atoms with van der Waals surface area (Å²) in [6.45, 7) is 11.2. The van der Waals surface area contributed by atoms with E-state index >= 15 is 0 Å². The summed E-state index contributed by atoms with van der Waals surface area (Å²) in [7, 11) is 0. The van der Waals surface area contributed by atoms with Crippen LogP contribution in [0.1, 0.15) is 44.7 Å². The lowest BCUT2D eigenvalue weighted by atomic mass is 9.91. The molecule has 4 heteroatoms. The normalized spacial score (nSPS) is 10.5. The van der Waals surface area contributed by atoms with E-state index in [0.29, 0.717) is 16.6 Å². The van der Waals surface area contributed by atoms with Gasteiger partial charge in [-0.1, -0.05) is 40.3 Å². The highest BCUT2D eigenvalue weighted by molar-refractivity contribution is 5.96. The fraction of sp³-hybridized carbons (Fsp3) is 0.294. The van der Waals surface area contributed by atoms with Gasteiger partial charge in [-0.25, -0.2) is 13.2 Å². The molecule has 0 radical (unpaired) electrons. The molecule has 2 aromatic carbocycles. The number of benzene rings is 2. The van der Waals surface area contributed by atoms with E-state index in [0.717, 1.165) is 0 Å². The molecule has 2 N–H and O–H groups in total. The zero-order chi connectivity index (χ0) is 16.3. The highest BCUT2D eigenvalue weighted by atomic mass is 19.2. The Morgan fingerprint density at radius 3 is 2.10 bits per heavy atom. The molecule has 0 saturated carbocycles. The molecule has 114 valence electrons. The maximum atomic E-state index is 13.9. The molecule has 0 aromatic heterocycles. The molecule has 2 aromatic rings. The van der Waals surface area contributed by atoms with Crippen molar-refractivity contribution in [2.45, 2.75) is 33.6 Å². The second kappa shape index (κ2) is 6.66. The molecule has 0 spiro atoms. The maximum Gasteiger partial charge on any atom is 0.195 e. The van der Waals surface area contributed by atoms with Gasteiger partial charge in [0.05, 0.1) is 0 Å². The van der Waals surface area contributed by atoms with Crippen molar-refractivity contribution < 1.29 is 13.2 Å². The van der Waals surface area contributed by atoms with Crippen LogP contribution in [0.25, 0.3) is 16.8 Å². The number of hydrogen-bond acceptors (Lipinski definition) is 1. The van der Waals surface area contributed by atoms with E-state index in [1.807, 2.05) is 27.7 Å². The second-order valence-electron chi connectivity index (χ2n) is 4.75. The Morgan fingerprint density at radius 2 is 1.62 bits per heavy atom. The Hall–Kier alpha value is -1.97. The van der Waals surface area contributed by atoms with Gasteiger partial charge in [0, 0.05) is 16.6 Å². The van der Waals surface area contributed by atoms with Crippen LogP contribution in [0, 0.1) is 17.5 Å². The van der Waals surface area contributed by atoms with Gasteiger partial charge in [0.1, 0.15) is 0 Å². The Balaban J connectivity index is 0.00000106. The zero-order valence-electron chi connectivity index (χ0n) is 12.7. The Labute approximate surface area is 123 Å². The van der Waals surface area contributed by atoms with Crippen LogP contribution < -0.4 is 5.73 Å². The number of halogens is 3. The van der Waals surface area contributed by atoms with Crippen LogP contribution in [-0.4, -0.2) is 0 Å². The van der Waals surface area contributed by atoms with Crippen molar-refractivity contribution in [3.8, 4) is 0 Å². The van der Waals surface area contributed by atoms with Crippen molar-refractivity contribution in [3.05, 3.63) is 47.3 Å². The monoisotopic (exact) mass is 295 g/mol. The van der Waals surface area contributed by atoms with Crippen molar-refractivity contribution in [2.24, 2.45) is 0 Å². The Bertz CT molecular complexity index is 676. The first-order valence-electron chi connectivity index (χ1n) is 6.90. The summed E-state index contributed by atoms with van der Waals surface area (Å²) >= 11 is 0. The maximum absolute atomic E-state index is 13.9. The predicted molar refractivity (Wildman–Crippen MR) is 83.8 cm³/mol. The molecular weight excluding hydrogens is 275 g/mol. The fourth-order valence-corrected chi connectivity index (χ4v) is 2.25. The third kappa shape index (κ3) is 2.89. The molecule has 0 saturated heterocycles. The molecule has 0 bridgehead atoms. The first-order valence-corrected chi connectivity index (χ1v) is 6.90. The summed E-state index contributed by atoms with van der Waals surface area (Å²) in [5.74, 6) is -3.93. The van der Waals surface area contributed by atoms with E-state index < -0.39 is 17.5 Å². The van der Waals surface area contributed by atoms with Gasteiger partial charge in [0.25, 0.3) is 0 Å². The van der Waals surface area contributed by atoms with E-state index in [2.05, 4.69) is 6.58 Å². The average Bonchev–Trinajstić information content (AvgIpc) is 2.47. The minimum absolute atomic E-state index is 0.00559. The second-order valence-corrected chi connectivity index (χ2v) is 4.75. The molecule has 0 fully saturated rings. The fourth-order valence-electron chi connectivity index (χ4n) is 2.25. The summed E-state index contributed by atoms with van der Waals surface area (Å²) in [4.78, 5) is 0. The lowest BCUT2D eigenvalue weighted by Crippen LogP contribution is -2.02. The molecule has 0 aliphatic rings. The zero-order valence-corrected chi connectivity index (χ0v) is 12.7. The van der Waals surface area contributed by atoms with Crippen molar-refractivity contribution >= 4 is 22.5 Å². The molecule has 0 aliphatic heterocycles. The number of fused-ring (bicyclic) bond motifs is 1. The van der Waals surface area contributed by atoms with Gasteiger partial charge in [0.15, 0.2) is 17.5 Å². The van der Waals surface area contributed by atoms with Gasteiger partial charge >= 0.3 is 0 Å². The molecule has 0 heterocycles. The summed E-state index contributed by atoms with van der Waals surface area (Å²) < 4.78 is 41.2. The van der Waals surface area contributed by atoms with Gasteiger partial charge in [-0.3, -0.25) is 0 Å². The van der Waals surface area contributed by atoms with Crippen LogP contribution in [0.2, 0.25) is 0 Å². The third-order valence-electron chi connectivity index (χ3n) is 3.15. The minimum atomic E-state index is -1.50. The van der Waals surface area contributed by atoms with Crippen molar-refractivity contribution in [1.29, 1.82) is 0 Å². The smallest absolute Gasteiger partial charge is 0.195 e. The van der Waals surface area contributed by atoms with E-state index in [9.17, 15) is 13.2 Å². The van der Waals surface area contributed by atoms with Gasteiger partial charge < -0.3 is 5.73 Å². The van der Waals surface area contributed by atoms with Crippen molar-refractivity contribution in [3.63, 3.8) is 0 Å². The quantitative estimate of drug-likeness (QED) is 0.563. The Morgan fingerprint density at radius 1 is 1.05 bits per heavy atom. The standard InChI is InChI=1S/C15H14F3N.C2H6/c1-4-9-12-10(7(2)3)5-8(19)6-11(12)14(17)15(18)13(9)16;1-2/h4-7H,1,19H2,2-3H3;1-2H3. The van der Waals surface area contributed by atoms with Gasteiger partial charge in [0.2, 0.25) is 0 Å². The lowest BCUT2D eigenvalue weighted by molar-refractivity contribution is 0.452. The predicted octanol–water partition coefficient (Wildman–Crippen LogP) is 5.63. The minimum Gasteiger partial charge on any atom is -0.399 e. The van der Waals surface area contributed by atoms with Crippen molar-refractivity contribution in [2.75, 3.05) is 5.73 Å². The third-order valence-corrected chi connectivity index (χ3v) is 3.15.